The number of imide groups is 2. The molecule has 0 aromatic heterocycles. The van der Waals surface area contributed by atoms with Crippen molar-refractivity contribution >= 4 is 45.5 Å². The average Bonchev–Trinajstić information content (AvgIpc) is 3.22. The maximum Gasteiger partial charge on any atom is 0.335 e. The molecule has 4 amide bonds. The number of carbonyl (C=O) groups is 3. The van der Waals surface area contributed by atoms with Gasteiger partial charge in [0.1, 0.15) is 17.1 Å². The Labute approximate surface area is 192 Å². The summed E-state index contributed by atoms with van der Waals surface area (Å²) in [6, 6.07) is 7.15. The van der Waals surface area contributed by atoms with E-state index in [9.17, 15) is 14.4 Å². The largest absolute Gasteiger partial charge is 0.493 e. The van der Waals surface area contributed by atoms with Crippen molar-refractivity contribution in [2.45, 2.75) is 13.8 Å². The molecular weight excluding hydrogens is 484 g/mol. The maximum atomic E-state index is 13.2. The Morgan fingerprint density at radius 2 is 1.75 bits per heavy atom. The number of benzene rings is 2. The molecule has 9 nitrogen and oxygen atoms in total. The molecule has 0 aliphatic carbocycles. The summed E-state index contributed by atoms with van der Waals surface area (Å²) < 4.78 is 22.5. The summed E-state index contributed by atoms with van der Waals surface area (Å²) in [6.07, 6.45) is 1.38. The van der Waals surface area contributed by atoms with Crippen LogP contribution in [0.1, 0.15) is 19.4 Å². The highest BCUT2D eigenvalue weighted by atomic mass is 79.9. The number of hydrogen-bond acceptors (Lipinski definition) is 7. The fraction of sp³-hybridized carbons (Fsp3) is 0.227. The summed E-state index contributed by atoms with van der Waals surface area (Å²) in [7, 11) is 0. The summed E-state index contributed by atoms with van der Waals surface area (Å²) in [6.45, 7) is 4.55. The molecule has 2 heterocycles. The molecule has 0 bridgehead atoms. The van der Waals surface area contributed by atoms with E-state index in [4.69, 9.17) is 18.9 Å². The van der Waals surface area contributed by atoms with Crippen LogP contribution in [0.25, 0.3) is 6.08 Å². The van der Waals surface area contributed by atoms with Gasteiger partial charge in [-0.05, 0) is 54.1 Å². The topological polar surface area (TPSA) is 103 Å². The molecule has 0 unspecified atom stereocenters. The summed E-state index contributed by atoms with van der Waals surface area (Å²) in [5, 5.41) is 2.20. The molecule has 0 radical (unpaired) electrons. The van der Waals surface area contributed by atoms with Crippen LogP contribution in [0, 0.1) is 0 Å². The van der Waals surface area contributed by atoms with E-state index in [0.717, 1.165) is 4.90 Å². The normalized spacial score (nSPS) is 16.4. The Kier molecular flexibility index (Phi) is 6.04. The Morgan fingerprint density at radius 3 is 2.50 bits per heavy atom. The number of fused-ring (bicyclic) bond motifs is 1. The first-order valence-corrected chi connectivity index (χ1v) is 10.6. The molecule has 0 saturated carbocycles. The zero-order chi connectivity index (χ0) is 22.8. The van der Waals surface area contributed by atoms with E-state index in [-0.39, 0.29) is 18.1 Å². The van der Waals surface area contributed by atoms with Gasteiger partial charge in [0.2, 0.25) is 6.79 Å². The van der Waals surface area contributed by atoms with Crippen LogP contribution in [0.3, 0.4) is 0 Å². The van der Waals surface area contributed by atoms with Crippen LogP contribution in [0.5, 0.6) is 23.0 Å². The third kappa shape index (κ3) is 4.01. The number of halogens is 1. The minimum Gasteiger partial charge on any atom is -0.493 e. The second kappa shape index (κ2) is 8.91. The molecule has 2 aliphatic rings. The number of rotatable bonds is 6. The monoisotopic (exact) mass is 502 g/mol. The lowest BCUT2D eigenvalue weighted by atomic mass is 10.1. The Bertz CT molecular complexity index is 1150. The van der Waals surface area contributed by atoms with Gasteiger partial charge < -0.3 is 18.9 Å². The lowest BCUT2D eigenvalue weighted by Gasteiger charge is -2.26. The van der Waals surface area contributed by atoms with Crippen molar-refractivity contribution in [1.29, 1.82) is 0 Å². The fourth-order valence-corrected chi connectivity index (χ4v) is 3.76. The molecule has 10 heteroatoms. The first kappa shape index (κ1) is 21.7. The molecule has 1 fully saturated rings. The second-order valence-electron chi connectivity index (χ2n) is 6.68. The number of hydrogen-bond donors (Lipinski definition) is 1. The van der Waals surface area contributed by atoms with Crippen LogP contribution in [0.4, 0.5) is 10.5 Å². The smallest absolute Gasteiger partial charge is 0.335 e. The van der Waals surface area contributed by atoms with Crippen LogP contribution in [-0.4, -0.2) is 37.9 Å². The van der Waals surface area contributed by atoms with Crippen molar-refractivity contribution in [3.05, 3.63) is 45.9 Å². The van der Waals surface area contributed by atoms with E-state index in [1.807, 2.05) is 13.8 Å². The number of nitrogens with one attached hydrogen (secondary N) is 1. The zero-order valence-corrected chi connectivity index (χ0v) is 18.9. The molecule has 1 saturated heterocycles. The van der Waals surface area contributed by atoms with E-state index in [1.54, 1.807) is 18.2 Å². The minimum absolute atomic E-state index is 0.0510. The Morgan fingerprint density at radius 1 is 1.03 bits per heavy atom. The first-order chi connectivity index (χ1) is 15.4. The van der Waals surface area contributed by atoms with E-state index in [2.05, 4.69) is 21.2 Å². The standard InChI is InChI=1S/C22H19BrN2O7/c1-3-29-17-10-18(30-4-2)15(23)8-12(17)7-14-20(26)24-22(28)25(21(14)27)13-5-6-16-19(9-13)32-11-31-16/h5-10H,3-4,11H2,1-2H3,(H,24,26,28)/b14-7+. The van der Waals surface area contributed by atoms with Gasteiger partial charge >= 0.3 is 6.03 Å². The number of anilines is 1. The molecule has 0 atom stereocenters. The predicted molar refractivity (Wildman–Crippen MR) is 118 cm³/mol. The number of ether oxygens (including phenoxy) is 4. The van der Waals surface area contributed by atoms with Gasteiger partial charge in [-0.15, -0.1) is 0 Å². The molecule has 2 aromatic carbocycles. The highest BCUT2D eigenvalue weighted by Crippen LogP contribution is 2.37. The van der Waals surface area contributed by atoms with Gasteiger partial charge in [-0.25, -0.2) is 9.69 Å². The summed E-state index contributed by atoms with van der Waals surface area (Å²) in [4.78, 5) is 39.1. The van der Waals surface area contributed by atoms with E-state index >= 15 is 0 Å². The van der Waals surface area contributed by atoms with Crippen LogP contribution in [0.15, 0.2) is 40.4 Å². The molecule has 2 aromatic rings. The van der Waals surface area contributed by atoms with Gasteiger partial charge in [0.25, 0.3) is 11.8 Å². The molecular formula is C22H19BrN2O7. The van der Waals surface area contributed by atoms with Crippen molar-refractivity contribution < 1.29 is 33.3 Å². The van der Waals surface area contributed by atoms with Gasteiger partial charge in [0.05, 0.1) is 23.4 Å². The lowest BCUT2D eigenvalue weighted by Crippen LogP contribution is -2.54. The molecule has 32 heavy (non-hydrogen) atoms. The number of amides is 4. The number of carbonyl (C=O) groups excluding carboxylic acids is 3. The summed E-state index contributed by atoms with van der Waals surface area (Å²) in [5.41, 5.74) is 0.494. The summed E-state index contributed by atoms with van der Waals surface area (Å²) >= 11 is 3.43. The SMILES string of the molecule is CCOc1cc(OCC)c(/C=C2\C(=O)NC(=O)N(c3ccc4c(c3)OCO4)C2=O)cc1Br. The van der Waals surface area contributed by atoms with Gasteiger partial charge in [0.15, 0.2) is 11.5 Å². The minimum atomic E-state index is -0.853. The number of urea groups is 1. The van der Waals surface area contributed by atoms with Gasteiger partial charge in [-0.2, -0.15) is 0 Å². The highest BCUT2D eigenvalue weighted by molar-refractivity contribution is 9.10. The van der Waals surface area contributed by atoms with Crippen molar-refractivity contribution in [2.75, 3.05) is 24.9 Å². The van der Waals surface area contributed by atoms with E-state index in [1.165, 1.54) is 18.2 Å². The zero-order valence-electron chi connectivity index (χ0n) is 17.3. The predicted octanol–water partition coefficient (Wildman–Crippen LogP) is 3.64. The summed E-state index contributed by atoms with van der Waals surface area (Å²) in [5.74, 6) is 0.327. The molecule has 2 aliphatic heterocycles. The van der Waals surface area contributed by atoms with Gasteiger partial charge in [-0.3, -0.25) is 14.9 Å². The second-order valence-corrected chi connectivity index (χ2v) is 7.54. The van der Waals surface area contributed by atoms with Crippen LogP contribution >= 0.6 is 15.9 Å². The van der Waals surface area contributed by atoms with Crippen LogP contribution in [-0.2, 0) is 9.59 Å². The molecule has 166 valence electrons. The van der Waals surface area contributed by atoms with E-state index < -0.39 is 17.8 Å². The van der Waals surface area contributed by atoms with E-state index in [0.29, 0.717) is 46.2 Å². The van der Waals surface area contributed by atoms with Crippen molar-refractivity contribution in [1.82, 2.24) is 5.32 Å². The van der Waals surface area contributed by atoms with Crippen LogP contribution < -0.4 is 29.2 Å². The number of nitrogens with zero attached hydrogens (tertiary/aromatic N) is 1. The van der Waals surface area contributed by atoms with Crippen molar-refractivity contribution in [2.24, 2.45) is 0 Å². The Balaban J connectivity index is 1.74. The quantitative estimate of drug-likeness (QED) is 0.474. The van der Waals surface area contributed by atoms with Crippen molar-refractivity contribution in [3.63, 3.8) is 0 Å². The Hall–Kier alpha value is -3.53. The average molecular weight is 503 g/mol. The van der Waals surface area contributed by atoms with Crippen LogP contribution in [0.2, 0.25) is 0 Å². The molecule has 1 N–H and O–H groups in total. The van der Waals surface area contributed by atoms with Gasteiger partial charge in [-0.1, -0.05) is 0 Å². The molecule has 4 rings (SSSR count). The third-order valence-corrected chi connectivity index (χ3v) is 5.30. The molecule has 0 spiro atoms. The first-order valence-electron chi connectivity index (χ1n) is 9.83. The van der Waals surface area contributed by atoms with Crippen molar-refractivity contribution in [3.8, 4) is 23.0 Å². The van der Waals surface area contributed by atoms with Gasteiger partial charge in [0, 0.05) is 17.7 Å². The fourth-order valence-electron chi connectivity index (χ4n) is 3.28. The third-order valence-electron chi connectivity index (χ3n) is 4.68. The number of barbiturate groups is 1. The highest BCUT2D eigenvalue weighted by Gasteiger charge is 2.37. The maximum absolute atomic E-state index is 13.2. The lowest BCUT2D eigenvalue weighted by molar-refractivity contribution is -0.122.